The molecule has 0 radical (unpaired) electrons. The Morgan fingerprint density at radius 1 is 1.16 bits per heavy atom. The maximum Gasteiger partial charge on any atom is 0.222 e. The molecule has 0 aliphatic carbocycles. The highest BCUT2D eigenvalue weighted by molar-refractivity contribution is 5.50. The van der Waals surface area contributed by atoms with Crippen molar-refractivity contribution in [1.29, 1.82) is 0 Å². The van der Waals surface area contributed by atoms with E-state index in [9.17, 15) is 0 Å². The Bertz CT molecular complexity index is 370. The first-order valence-corrected chi connectivity index (χ1v) is 6.99. The predicted molar refractivity (Wildman–Crippen MR) is 76.9 cm³/mol. The van der Waals surface area contributed by atoms with Crippen LogP contribution in [0.2, 0.25) is 0 Å². The number of aromatic nitrogens is 2. The molecule has 0 unspecified atom stereocenters. The Morgan fingerprint density at radius 3 is 2.58 bits per heavy atom. The van der Waals surface area contributed by atoms with Gasteiger partial charge in [0.1, 0.15) is 18.8 Å². The Labute approximate surface area is 115 Å². The highest BCUT2D eigenvalue weighted by Gasteiger charge is 2.15. The summed E-state index contributed by atoms with van der Waals surface area (Å²) in [5.74, 6) is 1.82. The standard InChI is InChI=1S/C14H25N3O2/c1-5-7-18-8-9-19-14-12(11(3)4)13(15-6-2)16-10-17-14/h10-11H,5-9H2,1-4H3,(H,15,16,17). The smallest absolute Gasteiger partial charge is 0.222 e. The molecule has 0 aliphatic heterocycles. The second-order valence-electron chi connectivity index (χ2n) is 4.59. The number of rotatable bonds is 9. The average Bonchev–Trinajstić information content (AvgIpc) is 2.38. The molecule has 0 aliphatic rings. The first-order chi connectivity index (χ1) is 9.20. The van der Waals surface area contributed by atoms with Crippen LogP contribution in [0.3, 0.4) is 0 Å². The molecule has 5 nitrogen and oxygen atoms in total. The fourth-order valence-electron chi connectivity index (χ4n) is 1.77. The Morgan fingerprint density at radius 2 is 1.95 bits per heavy atom. The fourth-order valence-corrected chi connectivity index (χ4v) is 1.77. The molecule has 1 rings (SSSR count). The maximum absolute atomic E-state index is 5.72. The van der Waals surface area contributed by atoms with Crippen LogP contribution in [0, 0.1) is 0 Å². The van der Waals surface area contributed by atoms with Crippen LogP contribution in [0.25, 0.3) is 0 Å². The summed E-state index contributed by atoms with van der Waals surface area (Å²) in [7, 11) is 0. The van der Waals surface area contributed by atoms with E-state index in [1.54, 1.807) is 0 Å². The van der Waals surface area contributed by atoms with E-state index in [1.807, 2.05) is 6.92 Å². The number of hydrogen-bond donors (Lipinski definition) is 1. The van der Waals surface area contributed by atoms with Crippen LogP contribution in [0.5, 0.6) is 5.88 Å². The summed E-state index contributed by atoms with van der Waals surface area (Å²) in [6.45, 7) is 11.1. The van der Waals surface area contributed by atoms with Gasteiger partial charge in [0, 0.05) is 13.2 Å². The minimum Gasteiger partial charge on any atom is -0.475 e. The number of anilines is 1. The van der Waals surface area contributed by atoms with Crippen molar-refractivity contribution >= 4 is 5.82 Å². The second kappa shape index (κ2) is 8.69. The van der Waals surface area contributed by atoms with Gasteiger partial charge < -0.3 is 14.8 Å². The largest absolute Gasteiger partial charge is 0.475 e. The van der Waals surface area contributed by atoms with Crippen molar-refractivity contribution in [3.8, 4) is 5.88 Å². The molecule has 0 amide bonds. The van der Waals surface area contributed by atoms with Gasteiger partial charge in [0.2, 0.25) is 5.88 Å². The molecule has 0 aromatic carbocycles. The minimum absolute atomic E-state index is 0.307. The van der Waals surface area contributed by atoms with Gasteiger partial charge in [-0.15, -0.1) is 0 Å². The Balaban J connectivity index is 2.68. The van der Waals surface area contributed by atoms with Gasteiger partial charge in [-0.1, -0.05) is 20.8 Å². The van der Waals surface area contributed by atoms with E-state index < -0.39 is 0 Å². The van der Waals surface area contributed by atoms with Crippen molar-refractivity contribution in [2.45, 2.75) is 40.0 Å². The lowest BCUT2D eigenvalue weighted by molar-refractivity contribution is 0.0985. The van der Waals surface area contributed by atoms with Crippen molar-refractivity contribution < 1.29 is 9.47 Å². The molecular weight excluding hydrogens is 242 g/mol. The average molecular weight is 267 g/mol. The topological polar surface area (TPSA) is 56.3 Å². The SMILES string of the molecule is CCCOCCOc1ncnc(NCC)c1C(C)C. The van der Waals surface area contributed by atoms with Gasteiger partial charge in [-0.3, -0.25) is 0 Å². The van der Waals surface area contributed by atoms with E-state index in [-0.39, 0.29) is 0 Å². The summed E-state index contributed by atoms with van der Waals surface area (Å²) < 4.78 is 11.1. The number of ether oxygens (including phenoxy) is 2. The van der Waals surface area contributed by atoms with Gasteiger partial charge in [0.15, 0.2) is 0 Å². The monoisotopic (exact) mass is 267 g/mol. The number of hydrogen-bond acceptors (Lipinski definition) is 5. The second-order valence-corrected chi connectivity index (χ2v) is 4.59. The lowest BCUT2D eigenvalue weighted by Gasteiger charge is -2.16. The zero-order valence-corrected chi connectivity index (χ0v) is 12.4. The molecule has 1 aromatic rings. The van der Waals surface area contributed by atoms with Crippen LogP contribution in [-0.2, 0) is 4.74 Å². The molecular formula is C14H25N3O2. The van der Waals surface area contributed by atoms with E-state index in [0.29, 0.717) is 25.0 Å². The summed E-state index contributed by atoms with van der Waals surface area (Å²) >= 11 is 0. The van der Waals surface area contributed by atoms with Crippen LogP contribution >= 0.6 is 0 Å². The first-order valence-electron chi connectivity index (χ1n) is 6.99. The quantitative estimate of drug-likeness (QED) is 0.697. The van der Waals surface area contributed by atoms with Gasteiger partial charge in [-0.25, -0.2) is 9.97 Å². The van der Waals surface area contributed by atoms with E-state index in [2.05, 4.69) is 36.1 Å². The highest BCUT2D eigenvalue weighted by Crippen LogP contribution is 2.29. The molecule has 0 fully saturated rings. The normalized spacial score (nSPS) is 10.8. The Kier molecular flexibility index (Phi) is 7.18. The molecule has 0 spiro atoms. The predicted octanol–water partition coefficient (Wildman–Crippen LogP) is 2.84. The van der Waals surface area contributed by atoms with Crippen molar-refractivity contribution in [2.75, 3.05) is 31.7 Å². The molecule has 0 bridgehead atoms. The minimum atomic E-state index is 0.307. The lowest BCUT2D eigenvalue weighted by Crippen LogP contribution is -2.12. The van der Waals surface area contributed by atoms with E-state index >= 15 is 0 Å². The lowest BCUT2D eigenvalue weighted by atomic mass is 10.1. The first kappa shape index (κ1) is 15.7. The molecule has 1 aromatic heterocycles. The van der Waals surface area contributed by atoms with Gasteiger partial charge in [-0.2, -0.15) is 0 Å². The molecule has 0 saturated carbocycles. The summed E-state index contributed by atoms with van der Waals surface area (Å²) in [4.78, 5) is 8.51. The van der Waals surface area contributed by atoms with Gasteiger partial charge in [-0.05, 0) is 19.3 Å². The molecule has 1 N–H and O–H groups in total. The van der Waals surface area contributed by atoms with Crippen LogP contribution < -0.4 is 10.1 Å². The van der Waals surface area contributed by atoms with Crippen LogP contribution in [-0.4, -0.2) is 36.3 Å². The van der Waals surface area contributed by atoms with Crippen LogP contribution in [0.4, 0.5) is 5.82 Å². The summed E-state index contributed by atoms with van der Waals surface area (Å²) in [5, 5.41) is 3.25. The number of nitrogens with zero attached hydrogens (tertiary/aromatic N) is 2. The van der Waals surface area contributed by atoms with Crippen molar-refractivity contribution in [1.82, 2.24) is 9.97 Å². The van der Waals surface area contributed by atoms with E-state index in [1.165, 1.54) is 6.33 Å². The molecule has 19 heavy (non-hydrogen) atoms. The zero-order chi connectivity index (χ0) is 14.1. The van der Waals surface area contributed by atoms with Gasteiger partial charge in [0.25, 0.3) is 0 Å². The van der Waals surface area contributed by atoms with Gasteiger partial charge >= 0.3 is 0 Å². The molecule has 0 atom stereocenters. The van der Waals surface area contributed by atoms with Crippen LogP contribution in [0.15, 0.2) is 6.33 Å². The van der Waals surface area contributed by atoms with Crippen molar-refractivity contribution in [3.05, 3.63) is 11.9 Å². The van der Waals surface area contributed by atoms with Crippen molar-refractivity contribution in [3.63, 3.8) is 0 Å². The molecule has 108 valence electrons. The fraction of sp³-hybridized carbons (Fsp3) is 0.714. The Hall–Kier alpha value is -1.36. The molecule has 1 heterocycles. The number of nitrogens with one attached hydrogen (secondary N) is 1. The zero-order valence-electron chi connectivity index (χ0n) is 12.4. The third kappa shape index (κ3) is 5.03. The molecule has 0 saturated heterocycles. The third-order valence-corrected chi connectivity index (χ3v) is 2.58. The summed E-state index contributed by atoms with van der Waals surface area (Å²) in [6, 6.07) is 0. The maximum atomic E-state index is 5.72. The summed E-state index contributed by atoms with van der Waals surface area (Å²) in [6.07, 6.45) is 2.56. The van der Waals surface area contributed by atoms with E-state index in [0.717, 1.165) is 31.0 Å². The van der Waals surface area contributed by atoms with Crippen molar-refractivity contribution in [2.24, 2.45) is 0 Å². The summed E-state index contributed by atoms with van der Waals surface area (Å²) in [5.41, 5.74) is 1.03. The highest BCUT2D eigenvalue weighted by atomic mass is 16.5. The van der Waals surface area contributed by atoms with Gasteiger partial charge in [0.05, 0.1) is 12.2 Å². The third-order valence-electron chi connectivity index (χ3n) is 2.58. The molecule has 5 heteroatoms. The van der Waals surface area contributed by atoms with Crippen LogP contribution in [0.1, 0.15) is 45.6 Å². The van der Waals surface area contributed by atoms with E-state index in [4.69, 9.17) is 9.47 Å².